The van der Waals surface area contributed by atoms with Crippen molar-refractivity contribution in [3.05, 3.63) is 24.3 Å². The van der Waals surface area contributed by atoms with Crippen molar-refractivity contribution >= 4 is 26.4 Å². The molecule has 0 spiro atoms. The fraction of sp³-hybridized carbons (Fsp3) is 0.300. The van der Waals surface area contributed by atoms with Crippen molar-refractivity contribution in [1.82, 2.24) is 0 Å². The number of hydrogen-bond acceptors (Lipinski definition) is 6. The molecule has 0 amide bonds. The summed E-state index contributed by atoms with van der Waals surface area (Å²) in [5.74, 6) is 0. The maximum atomic E-state index is 11.9. The van der Waals surface area contributed by atoms with E-state index in [2.05, 4.69) is 9.18 Å². The van der Waals surface area contributed by atoms with Gasteiger partial charge in [-0.25, -0.2) is 17.2 Å². The lowest BCUT2D eigenvalue weighted by molar-refractivity contribution is 0.139. The third kappa shape index (κ3) is 2.66. The smallest absolute Gasteiger partial charge is 0.320 e. The van der Waals surface area contributed by atoms with E-state index in [0.29, 0.717) is 16.2 Å². The highest BCUT2D eigenvalue weighted by Crippen LogP contribution is 2.30. The van der Waals surface area contributed by atoms with Crippen molar-refractivity contribution in [3.63, 3.8) is 0 Å². The predicted octanol–water partition coefficient (Wildman–Crippen LogP) is 0.841. The summed E-state index contributed by atoms with van der Waals surface area (Å²) in [5.41, 5.74) is 0. The first-order valence-corrected chi connectivity index (χ1v) is 8.24. The van der Waals surface area contributed by atoms with E-state index < -0.39 is 38.2 Å². The molecule has 0 aliphatic carbocycles. The predicted molar refractivity (Wildman–Crippen MR) is 65.0 cm³/mol. The molecule has 1 aromatic rings. The summed E-state index contributed by atoms with van der Waals surface area (Å²) in [6, 6.07) is 6.60. The number of benzene rings is 1. The van der Waals surface area contributed by atoms with Gasteiger partial charge in [-0.05, 0) is 18.2 Å². The first-order chi connectivity index (χ1) is 9.25. The second-order valence-electron chi connectivity index (χ2n) is 3.91. The van der Waals surface area contributed by atoms with Gasteiger partial charge in [0.15, 0.2) is 11.7 Å². The lowest BCUT2D eigenvalue weighted by Gasteiger charge is -2.15. The zero-order chi connectivity index (χ0) is 15.0. The first-order valence-electron chi connectivity index (χ1n) is 5.29. The highest BCUT2D eigenvalue weighted by molar-refractivity contribution is 7.92. The lowest BCUT2D eigenvalue weighted by atomic mass is 10.3. The Labute approximate surface area is 114 Å². The summed E-state index contributed by atoms with van der Waals surface area (Å²) in [7, 11) is -7.05. The maximum absolute atomic E-state index is 11.9. The van der Waals surface area contributed by atoms with E-state index in [1.807, 2.05) is 0 Å². The number of hydrogen-bond donors (Lipinski definition) is 0. The highest BCUT2D eigenvalue weighted by atomic mass is 32.2. The van der Waals surface area contributed by atoms with Gasteiger partial charge in [-0.15, -0.1) is 0 Å². The fourth-order valence-corrected chi connectivity index (χ4v) is 3.50. The Morgan fingerprint density at radius 3 is 2.10 bits per heavy atom. The molecule has 10 heteroatoms. The van der Waals surface area contributed by atoms with Crippen LogP contribution in [0.5, 0.6) is 0 Å². The van der Waals surface area contributed by atoms with Crippen LogP contribution < -0.4 is 0 Å². The monoisotopic (exact) mass is 325 g/mol. The molecule has 20 heavy (non-hydrogen) atoms. The molecule has 3 aliphatic heterocycles. The number of fused-ring (bicyclic) bond motifs is 2. The molecule has 0 fully saturated rings. The average Bonchev–Trinajstić information content (AvgIpc) is 2.39. The topological polar surface area (TPSA) is 89.9 Å². The summed E-state index contributed by atoms with van der Waals surface area (Å²) in [5, 5.41) is -1.81. The van der Waals surface area contributed by atoms with Crippen LogP contribution in [0.25, 0.3) is 0 Å². The molecule has 3 heterocycles. The van der Waals surface area contributed by atoms with Crippen LogP contribution >= 0.6 is 0 Å². The van der Waals surface area contributed by atoms with Crippen LogP contribution in [0.3, 0.4) is 0 Å². The minimum absolute atomic E-state index is 0.431. The molecule has 0 radical (unpaired) electrons. The van der Waals surface area contributed by atoms with Crippen molar-refractivity contribution in [2.24, 2.45) is 4.99 Å². The van der Waals surface area contributed by atoms with Gasteiger partial charge in [-0.2, -0.15) is 8.42 Å². The Kier molecular flexibility index (Phi) is 3.78. The molecule has 4 rings (SSSR count). The van der Waals surface area contributed by atoms with Crippen molar-refractivity contribution in [2.75, 3.05) is 6.54 Å². The quantitative estimate of drug-likeness (QED) is 0.725. The summed E-state index contributed by atoms with van der Waals surface area (Å²) >= 11 is 0. The Morgan fingerprint density at radius 2 is 1.80 bits per heavy atom. The normalized spacial score (nSPS) is 24.1. The first kappa shape index (κ1) is 14.9. The molecule has 0 saturated heterocycles. The van der Waals surface area contributed by atoms with Gasteiger partial charge in [0.2, 0.25) is 9.84 Å². The van der Waals surface area contributed by atoms with Gasteiger partial charge in [-0.3, -0.25) is 4.99 Å². The van der Waals surface area contributed by atoms with Crippen LogP contribution in [0, 0.1) is 0 Å². The Bertz CT molecular complexity index is 710. The Balaban J connectivity index is 0.000000149. The van der Waals surface area contributed by atoms with Gasteiger partial charge in [0.05, 0.1) is 16.3 Å². The van der Waals surface area contributed by atoms with Crippen LogP contribution in [0.15, 0.2) is 39.0 Å². The molecule has 110 valence electrons. The molecule has 3 aliphatic rings. The van der Waals surface area contributed by atoms with Crippen LogP contribution in [-0.2, 0) is 24.1 Å². The SMILES string of the molecule is O=S1(=O)OC=NCC1C(F)F.O=S1(=O)c2cccc1c2. The van der Waals surface area contributed by atoms with E-state index in [1.54, 1.807) is 24.3 Å². The summed E-state index contributed by atoms with van der Waals surface area (Å²) < 4.78 is 70.7. The average molecular weight is 325 g/mol. The van der Waals surface area contributed by atoms with Crippen LogP contribution in [0.1, 0.15) is 0 Å². The second kappa shape index (κ2) is 5.09. The Morgan fingerprint density at radius 1 is 1.20 bits per heavy atom. The molecule has 1 unspecified atom stereocenters. The summed E-state index contributed by atoms with van der Waals surface area (Å²) in [6.07, 6.45) is -2.29. The number of aliphatic imine (C=N–C) groups is 1. The summed E-state index contributed by atoms with van der Waals surface area (Å²) in [6.45, 7) is -0.431. The molecule has 1 atom stereocenters. The second-order valence-corrected chi connectivity index (χ2v) is 7.64. The van der Waals surface area contributed by atoms with Gasteiger partial charge in [-0.1, -0.05) is 6.07 Å². The van der Waals surface area contributed by atoms with Gasteiger partial charge in [0.1, 0.15) is 0 Å². The zero-order valence-corrected chi connectivity index (χ0v) is 11.4. The number of rotatable bonds is 1. The lowest BCUT2D eigenvalue weighted by Crippen LogP contribution is -2.35. The molecular formula is C10H9F2NO5S2. The van der Waals surface area contributed by atoms with E-state index in [-0.39, 0.29) is 0 Å². The number of sulfone groups is 1. The minimum Gasteiger partial charge on any atom is -0.370 e. The Hall–Kier alpha value is -1.55. The molecule has 0 aromatic heterocycles. The van der Waals surface area contributed by atoms with Crippen molar-refractivity contribution in [3.8, 4) is 0 Å². The number of alkyl halides is 2. The third-order valence-electron chi connectivity index (χ3n) is 2.61. The van der Waals surface area contributed by atoms with Crippen molar-refractivity contribution in [2.45, 2.75) is 21.5 Å². The van der Waals surface area contributed by atoms with E-state index in [9.17, 15) is 25.6 Å². The molecule has 2 bridgehead atoms. The maximum Gasteiger partial charge on any atom is 0.320 e. The fourth-order valence-electron chi connectivity index (χ4n) is 1.49. The number of halogens is 2. The molecule has 1 aromatic carbocycles. The molecule has 0 N–H and O–H groups in total. The number of nitrogens with zero attached hydrogens (tertiary/aromatic N) is 1. The molecular weight excluding hydrogens is 316 g/mol. The van der Waals surface area contributed by atoms with E-state index in [4.69, 9.17) is 0 Å². The van der Waals surface area contributed by atoms with E-state index in [0.717, 1.165) is 0 Å². The van der Waals surface area contributed by atoms with Crippen LogP contribution in [0.4, 0.5) is 8.78 Å². The molecule has 6 nitrogen and oxygen atoms in total. The van der Waals surface area contributed by atoms with Gasteiger partial charge in [0, 0.05) is 0 Å². The van der Waals surface area contributed by atoms with Crippen molar-refractivity contribution < 1.29 is 29.8 Å². The van der Waals surface area contributed by atoms with Gasteiger partial charge >= 0.3 is 10.1 Å². The minimum atomic E-state index is -4.12. The van der Waals surface area contributed by atoms with Crippen LogP contribution in [-0.4, -0.2) is 41.5 Å². The van der Waals surface area contributed by atoms with Crippen molar-refractivity contribution in [1.29, 1.82) is 0 Å². The third-order valence-corrected chi connectivity index (χ3v) is 5.81. The molecule has 0 saturated carbocycles. The highest BCUT2D eigenvalue weighted by Gasteiger charge is 2.37. The largest absolute Gasteiger partial charge is 0.370 e. The van der Waals surface area contributed by atoms with Gasteiger partial charge < -0.3 is 4.18 Å². The summed E-state index contributed by atoms with van der Waals surface area (Å²) in [4.78, 5) is 4.16. The standard InChI is InChI=1S/C6H4O2S.C4H5F2NO3S/c7-9(8)5-2-1-3-6(9)4-5;5-4(6)3-1-7-2-10-11(3,8)9/h1-4H;2-4H,1H2. The van der Waals surface area contributed by atoms with E-state index in [1.165, 1.54) is 0 Å². The van der Waals surface area contributed by atoms with Gasteiger partial charge in [0.25, 0.3) is 6.43 Å². The zero-order valence-electron chi connectivity index (χ0n) is 9.81. The van der Waals surface area contributed by atoms with Crippen LogP contribution in [0.2, 0.25) is 0 Å². The van der Waals surface area contributed by atoms with E-state index >= 15 is 0 Å².